The summed E-state index contributed by atoms with van der Waals surface area (Å²) in [4.78, 5) is 0. The first kappa shape index (κ1) is 17.0. The van der Waals surface area contributed by atoms with Crippen LogP contribution in [0.15, 0.2) is 78.9 Å². The minimum atomic E-state index is 0.568. The Morgan fingerprint density at radius 3 is 2.41 bits per heavy atom. The summed E-state index contributed by atoms with van der Waals surface area (Å²) in [5.74, 6) is 1.74. The molecule has 136 valence electrons. The Morgan fingerprint density at radius 2 is 1.63 bits per heavy atom. The molecule has 0 aromatic heterocycles. The monoisotopic (exact) mass is 358 g/mol. The van der Waals surface area contributed by atoms with Crippen LogP contribution in [-0.2, 0) is 13.0 Å². The zero-order valence-electron chi connectivity index (χ0n) is 15.2. The normalized spacial score (nSPS) is 12.1. The zero-order chi connectivity index (χ0) is 18.5. The molecule has 0 amide bonds. The van der Waals surface area contributed by atoms with Gasteiger partial charge < -0.3 is 20.3 Å². The molecule has 0 fully saturated rings. The van der Waals surface area contributed by atoms with Gasteiger partial charge >= 0.3 is 0 Å². The van der Waals surface area contributed by atoms with Gasteiger partial charge in [-0.1, -0.05) is 36.4 Å². The molecule has 4 heteroatoms. The van der Waals surface area contributed by atoms with Gasteiger partial charge in [0, 0.05) is 5.56 Å². The Kier molecular flexibility index (Phi) is 4.97. The number of anilines is 1. The summed E-state index contributed by atoms with van der Waals surface area (Å²) in [6.45, 7) is 0.568. The summed E-state index contributed by atoms with van der Waals surface area (Å²) in [6, 6.07) is 24.2. The van der Waals surface area contributed by atoms with Crippen molar-refractivity contribution in [3.63, 3.8) is 0 Å². The highest BCUT2D eigenvalue weighted by Gasteiger charge is 2.14. The van der Waals surface area contributed by atoms with Crippen LogP contribution in [0.5, 0.6) is 11.5 Å². The fraction of sp³-hybridized carbons (Fsp3) is 0.130. The van der Waals surface area contributed by atoms with Gasteiger partial charge in [-0.15, -0.1) is 0 Å². The minimum absolute atomic E-state index is 0.568. The van der Waals surface area contributed by atoms with E-state index in [1.165, 1.54) is 11.1 Å². The van der Waals surface area contributed by atoms with Crippen molar-refractivity contribution < 1.29 is 9.47 Å². The third kappa shape index (κ3) is 4.06. The van der Waals surface area contributed by atoms with Gasteiger partial charge in [-0.2, -0.15) is 0 Å². The van der Waals surface area contributed by atoms with E-state index in [0.29, 0.717) is 6.61 Å². The van der Waals surface area contributed by atoms with E-state index in [0.717, 1.165) is 34.9 Å². The predicted molar refractivity (Wildman–Crippen MR) is 109 cm³/mol. The molecule has 4 rings (SSSR count). The molecule has 0 spiro atoms. The number of rotatable bonds is 7. The molecule has 27 heavy (non-hydrogen) atoms. The van der Waals surface area contributed by atoms with Gasteiger partial charge in [-0.3, -0.25) is 0 Å². The molecule has 3 aromatic carbocycles. The van der Waals surface area contributed by atoms with Crippen LogP contribution in [0.2, 0.25) is 0 Å². The second-order valence-corrected chi connectivity index (χ2v) is 6.39. The van der Waals surface area contributed by atoms with E-state index < -0.39 is 0 Å². The quantitative estimate of drug-likeness (QED) is 0.596. The van der Waals surface area contributed by atoms with Crippen LogP contribution in [0.1, 0.15) is 16.7 Å². The average Bonchev–Trinajstić information content (AvgIpc) is 3.14. The average molecular weight is 358 g/mol. The van der Waals surface area contributed by atoms with E-state index in [2.05, 4.69) is 41.2 Å². The van der Waals surface area contributed by atoms with Gasteiger partial charge in [-0.25, -0.2) is 0 Å². The van der Waals surface area contributed by atoms with Crippen molar-refractivity contribution in [2.24, 2.45) is 0 Å². The molecule has 3 aromatic rings. The van der Waals surface area contributed by atoms with Gasteiger partial charge in [0.15, 0.2) is 0 Å². The Balaban J connectivity index is 1.32. The molecule has 0 heterocycles. The molecule has 0 aliphatic heterocycles. The second kappa shape index (κ2) is 7.87. The molecular formula is C23H22N2O2. The van der Waals surface area contributed by atoms with Crippen molar-refractivity contribution in [1.82, 2.24) is 5.43 Å². The summed E-state index contributed by atoms with van der Waals surface area (Å²) in [7, 11) is 1.69. The lowest BCUT2D eigenvalue weighted by atomic mass is 10.1. The van der Waals surface area contributed by atoms with Crippen LogP contribution < -0.4 is 20.3 Å². The molecule has 0 unspecified atom stereocenters. The van der Waals surface area contributed by atoms with Crippen LogP contribution in [0, 0.1) is 0 Å². The number of hydrogen-bond acceptors (Lipinski definition) is 4. The number of nitrogens with one attached hydrogen (secondary N) is 2. The highest BCUT2D eigenvalue weighted by molar-refractivity contribution is 5.73. The summed E-state index contributed by atoms with van der Waals surface area (Å²) in [6.07, 6.45) is 3.08. The molecule has 0 saturated carbocycles. The molecule has 0 bridgehead atoms. The number of hydrogen-bond donors (Lipinski definition) is 2. The molecular weight excluding hydrogens is 336 g/mol. The molecule has 1 aliphatic rings. The van der Waals surface area contributed by atoms with Gasteiger partial charge in [0.2, 0.25) is 0 Å². The standard InChI is InChI=1S/C23H22N2O2/c1-26-21-12-13-22-18(15-21)7-14-23(22)25-24-19-8-10-20(11-9-19)27-16-17-5-3-2-4-6-17/h2-6,8-15,24-25H,7,16H2,1H3. The van der Waals surface area contributed by atoms with Gasteiger partial charge in [0.1, 0.15) is 18.1 Å². The largest absolute Gasteiger partial charge is 0.497 e. The van der Waals surface area contributed by atoms with Crippen molar-refractivity contribution in [1.29, 1.82) is 0 Å². The maximum absolute atomic E-state index is 5.82. The lowest BCUT2D eigenvalue weighted by molar-refractivity contribution is 0.306. The second-order valence-electron chi connectivity index (χ2n) is 6.39. The van der Waals surface area contributed by atoms with E-state index in [1.807, 2.05) is 48.5 Å². The van der Waals surface area contributed by atoms with Crippen molar-refractivity contribution >= 4 is 11.4 Å². The van der Waals surface area contributed by atoms with Crippen LogP contribution >= 0.6 is 0 Å². The predicted octanol–water partition coefficient (Wildman–Crippen LogP) is 4.79. The van der Waals surface area contributed by atoms with E-state index in [4.69, 9.17) is 9.47 Å². The molecule has 0 radical (unpaired) electrons. The number of ether oxygens (including phenoxy) is 2. The van der Waals surface area contributed by atoms with Gasteiger partial charge in [0.05, 0.1) is 18.5 Å². The number of allylic oxidation sites excluding steroid dienone is 1. The molecule has 1 aliphatic carbocycles. The van der Waals surface area contributed by atoms with Crippen LogP contribution in [-0.4, -0.2) is 7.11 Å². The third-order valence-electron chi connectivity index (χ3n) is 4.57. The number of methoxy groups -OCH3 is 1. The first-order valence-electron chi connectivity index (χ1n) is 8.98. The van der Waals surface area contributed by atoms with Crippen molar-refractivity contribution in [3.05, 3.63) is 95.6 Å². The summed E-state index contributed by atoms with van der Waals surface area (Å²) >= 11 is 0. The number of benzene rings is 3. The number of hydrazine groups is 1. The first-order valence-corrected chi connectivity index (χ1v) is 8.98. The fourth-order valence-corrected chi connectivity index (χ4v) is 3.08. The van der Waals surface area contributed by atoms with E-state index >= 15 is 0 Å². The van der Waals surface area contributed by atoms with Crippen molar-refractivity contribution in [2.75, 3.05) is 12.5 Å². The van der Waals surface area contributed by atoms with E-state index in [9.17, 15) is 0 Å². The van der Waals surface area contributed by atoms with Crippen LogP contribution in [0.4, 0.5) is 5.69 Å². The smallest absolute Gasteiger partial charge is 0.119 e. The third-order valence-corrected chi connectivity index (χ3v) is 4.57. The van der Waals surface area contributed by atoms with Crippen molar-refractivity contribution in [2.45, 2.75) is 13.0 Å². The lowest BCUT2D eigenvalue weighted by Gasteiger charge is -2.13. The summed E-state index contributed by atoms with van der Waals surface area (Å²) in [5.41, 5.74) is 12.2. The lowest BCUT2D eigenvalue weighted by Crippen LogP contribution is -2.19. The first-order chi connectivity index (χ1) is 13.3. The van der Waals surface area contributed by atoms with Crippen LogP contribution in [0.3, 0.4) is 0 Å². The van der Waals surface area contributed by atoms with Crippen molar-refractivity contribution in [3.8, 4) is 11.5 Å². The maximum atomic E-state index is 5.82. The van der Waals surface area contributed by atoms with E-state index in [-0.39, 0.29) is 0 Å². The minimum Gasteiger partial charge on any atom is -0.497 e. The topological polar surface area (TPSA) is 42.5 Å². The highest BCUT2D eigenvalue weighted by Crippen LogP contribution is 2.29. The molecule has 0 saturated heterocycles. The molecule has 0 atom stereocenters. The zero-order valence-corrected chi connectivity index (χ0v) is 15.2. The highest BCUT2D eigenvalue weighted by atomic mass is 16.5. The fourth-order valence-electron chi connectivity index (χ4n) is 3.08. The molecule has 4 nitrogen and oxygen atoms in total. The Labute approximate surface area is 159 Å². The Morgan fingerprint density at radius 1 is 0.852 bits per heavy atom. The Hall–Kier alpha value is -3.40. The summed E-state index contributed by atoms with van der Waals surface area (Å²) in [5, 5.41) is 0. The number of fused-ring (bicyclic) bond motifs is 1. The van der Waals surface area contributed by atoms with Gasteiger partial charge in [-0.05, 0) is 60.0 Å². The summed E-state index contributed by atoms with van der Waals surface area (Å²) < 4.78 is 11.1. The van der Waals surface area contributed by atoms with E-state index in [1.54, 1.807) is 7.11 Å². The molecule has 2 N–H and O–H groups in total. The SMILES string of the molecule is COc1ccc2c(c1)CC=C2NNc1ccc(OCc2ccccc2)cc1. The maximum Gasteiger partial charge on any atom is 0.119 e. The Bertz CT molecular complexity index is 934. The van der Waals surface area contributed by atoms with Crippen LogP contribution in [0.25, 0.3) is 5.70 Å². The van der Waals surface area contributed by atoms with Gasteiger partial charge in [0.25, 0.3) is 0 Å².